The molecular formula is C26H33N3O5S. The molecule has 188 valence electrons. The zero-order valence-electron chi connectivity index (χ0n) is 20.2. The molecule has 0 spiro atoms. The Hall–Kier alpha value is -2.59. The molecule has 8 nitrogen and oxygen atoms in total. The van der Waals surface area contributed by atoms with Crippen molar-refractivity contribution in [2.45, 2.75) is 56.4 Å². The van der Waals surface area contributed by atoms with Gasteiger partial charge in [0.05, 0.1) is 16.0 Å². The van der Waals surface area contributed by atoms with Gasteiger partial charge in [0, 0.05) is 25.7 Å². The van der Waals surface area contributed by atoms with E-state index in [2.05, 4.69) is 18.7 Å². The third-order valence-corrected chi connectivity index (χ3v) is 9.17. The molecule has 0 aliphatic carbocycles. The van der Waals surface area contributed by atoms with Crippen LogP contribution in [0, 0.1) is 0 Å². The molecule has 2 aliphatic heterocycles. The molecule has 1 aromatic heterocycles. The average molecular weight is 500 g/mol. The molecular weight excluding hydrogens is 466 g/mol. The summed E-state index contributed by atoms with van der Waals surface area (Å²) in [5.41, 5.74) is 2.92. The van der Waals surface area contributed by atoms with Crippen LogP contribution in [0.25, 0.3) is 11.1 Å². The molecule has 5 rings (SSSR count). The van der Waals surface area contributed by atoms with E-state index in [-0.39, 0.29) is 23.6 Å². The van der Waals surface area contributed by atoms with Gasteiger partial charge in [0.15, 0.2) is 5.58 Å². The number of carbonyl (C=O) groups excluding carboxylic acids is 1. The lowest BCUT2D eigenvalue weighted by Gasteiger charge is -2.37. The Balaban J connectivity index is 1.13. The number of piperidine rings is 1. The summed E-state index contributed by atoms with van der Waals surface area (Å²) in [6, 6.07) is 13.0. The Kier molecular flexibility index (Phi) is 6.52. The molecule has 0 unspecified atom stereocenters. The van der Waals surface area contributed by atoms with Gasteiger partial charge >= 0.3 is 5.76 Å². The van der Waals surface area contributed by atoms with Gasteiger partial charge in [0.25, 0.3) is 5.91 Å². The van der Waals surface area contributed by atoms with Gasteiger partial charge in [-0.25, -0.2) is 9.10 Å². The lowest BCUT2D eigenvalue weighted by atomic mass is 10.0. The fraction of sp³-hybridized carbons (Fsp3) is 0.462. The average Bonchev–Trinajstić information content (AvgIpc) is 3.27. The monoisotopic (exact) mass is 499 g/mol. The number of para-hydroxylation sites is 2. The number of likely N-dealkylation sites (tertiary alicyclic amines) is 1. The van der Waals surface area contributed by atoms with Crippen LogP contribution in [0.5, 0.6) is 0 Å². The van der Waals surface area contributed by atoms with Crippen LogP contribution < -0.4 is 5.76 Å². The second-order valence-corrected chi connectivity index (χ2v) is 11.7. The number of hydrogen-bond donors (Lipinski definition) is 2. The molecule has 0 bridgehead atoms. The number of oxazole rings is 1. The van der Waals surface area contributed by atoms with Crippen molar-refractivity contribution in [2.75, 3.05) is 26.2 Å². The molecule has 0 saturated carbocycles. The highest BCUT2D eigenvalue weighted by atomic mass is 32.3. The van der Waals surface area contributed by atoms with Crippen molar-refractivity contribution in [2.24, 2.45) is 0 Å². The van der Waals surface area contributed by atoms with Crippen LogP contribution >= 0.6 is 10.8 Å². The van der Waals surface area contributed by atoms with Gasteiger partial charge in [-0.15, -0.1) is 0 Å². The van der Waals surface area contributed by atoms with Gasteiger partial charge in [-0.3, -0.25) is 18.5 Å². The van der Waals surface area contributed by atoms with Crippen molar-refractivity contribution >= 4 is 27.8 Å². The molecule has 2 N–H and O–H groups in total. The molecule has 0 radical (unpaired) electrons. The van der Waals surface area contributed by atoms with E-state index < -0.39 is 10.8 Å². The highest BCUT2D eigenvalue weighted by molar-refractivity contribution is 8.23. The third-order valence-electron chi connectivity index (χ3n) is 7.26. The van der Waals surface area contributed by atoms with E-state index in [0.29, 0.717) is 29.0 Å². The maximum atomic E-state index is 12.9. The number of benzene rings is 2. The van der Waals surface area contributed by atoms with E-state index in [9.17, 15) is 18.7 Å². The first-order valence-corrected chi connectivity index (χ1v) is 13.8. The van der Waals surface area contributed by atoms with Crippen LogP contribution in [0.3, 0.4) is 0 Å². The summed E-state index contributed by atoms with van der Waals surface area (Å²) in [6.45, 7) is 7.07. The van der Waals surface area contributed by atoms with Crippen molar-refractivity contribution in [3.63, 3.8) is 0 Å². The van der Waals surface area contributed by atoms with Crippen LogP contribution in [-0.4, -0.2) is 55.0 Å². The third kappa shape index (κ3) is 4.42. The fourth-order valence-corrected chi connectivity index (χ4v) is 6.87. The topological polar surface area (TPSA) is 99.2 Å². The number of amides is 1. The highest BCUT2D eigenvalue weighted by Crippen LogP contribution is 2.58. The summed E-state index contributed by atoms with van der Waals surface area (Å²) < 4.78 is 30.0. The fourth-order valence-electron chi connectivity index (χ4n) is 5.23. The molecule has 2 aromatic carbocycles. The van der Waals surface area contributed by atoms with Gasteiger partial charge in [0.1, 0.15) is 0 Å². The molecule has 3 aromatic rings. The largest absolute Gasteiger partial charge is 0.420 e. The zero-order chi connectivity index (χ0) is 24.7. The Labute approximate surface area is 206 Å². The summed E-state index contributed by atoms with van der Waals surface area (Å²) >= 11 is 0. The minimum Gasteiger partial charge on any atom is -0.408 e. The number of unbranched alkanes of at least 4 members (excludes halogenated alkanes) is 1. The van der Waals surface area contributed by atoms with Crippen molar-refractivity contribution in [3.05, 3.63) is 64.1 Å². The van der Waals surface area contributed by atoms with E-state index in [1.54, 1.807) is 16.7 Å². The number of fused-ring (bicyclic) bond motifs is 2. The van der Waals surface area contributed by atoms with Crippen molar-refractivity contribution < 1.29 is 18.3 Å². The number of aromatic nitrogens is 1. The van der Waals surface area contributed by atoms with E-state index in [0.717, 1.165) is 50.0 Å². The molecule has 2 aliphatic rings. The number of nitrogens with zero attached hydrogens (tertiary/aromatic N) is 3. The van der Waals surface area contributed by atoms with Crippen molar-refractivity contribution in [1.29, 1.82) is 0 Å². The normalized spacial score (nSPS) is 19.6. The number of hydrogen-bond acceptors (Lipinski definition) is 6. The maximum Gasteiger partial charge on any atom is 0.420 e. The summed E-state index contributed by atoms with van der Waals surface area (Å²) in [6.07, 6.45) is 3.30. The summed E-state index contributed by atoms with van der Waals surface area (Å²) in [5, 5.41) is 0. The molecule has 35 heavy (non-hydrogen) atoms. The van der Waals surface area contributed by atoms with Crippen LogP contribution in [-0.2, 0) is 0 Å². The first kappa shape index (κ1) is 24.1. The molecule has 1 fully saturated rings. The lowest BCUT2D eigenvalue weighted by Crippen LogP contribution is -2.37. The first-order valence-electron chi connectivity index (χ1n) is 12.3. The van der Waals surface area contributed by atoms with E-state index >= 15 is 0 Å². The number of carbonyl (C=O) groups is 1. The van der Waals surface area contributed by atoms with E-state index in [1.807, 2.05) is 30.3 Å². The molecule has 0 atom stereocenters. The summed E-state index contributed by atoms with van der Waals surface area (Å²) in [5.74, 6) is -0.319. The second-order valence-electron chi connectivity index (χ2n) is 9.82. The Morgan fingerprint density at radius 3 is 2.49 bits per heavy atom. The molecule has 3 heterocycles. The van der Waals surface area contributed by atoms with Gasteiger partial charge in [0.2, 0.25) is 0 Å². The Morgan fingerprint density at radius 2 is 1.74 bits per heavy atom. The van der Waals surface area contributed by atoms with Gasteiger partial charge in [-0.05, 0) is 68.0 Å². The second kappa shape index (κ2) is 9.46. The van der Waals surface area contributed by atoms with Gasteiger partial charge in [-0.1, -0.05) is 42.8 Å². The smallest absolute Gasteiger partial charge is 0.408 e. The summed E-state index contributed by atoms with van der Waals surface area (Å²) in [4.78, 5) is 28.0. The van der Waals surface area contributed by atoms with Crippen LogP contribution in [0.1, 0.15) is 67.4 Å². The van der Waals surface area contributed by atoms with Gasteiger partial charge in [-0.2, -0.15) is 0 Å². The predicted octanol–water partition coefficient (Wildman–Crippen LogP) is 5.32. The van der Waals surface area contributed by atoms with Crippen molar-refractivity contribution in [3.8, 4) is 0 Å². The van der Waals surface area contributed by atoms with Crippen LogP contribution in [0.15, 0.2) is 56.6 Å². The van der Waals surface area contributed by atoms with Crippen LogP contribution in [0.4, 0.5) is 0 Å². The molecule has 1 saturated heterocycles. The van der Waals surface area contributed by atoms with Crippen LogP contribution in [0.2, 0.25) is 0 Å². The van der Waals surface area contributed by atoms with Gasteiger partial charge < -0.3 is 9.32 Å². The SMILES string of the molecule is CC(C)c1ccc2c(c1)C(=O)N(CCCCN1CCC(n3c(=O)oc4ccccc43)CC1)S2(O)O. The van der Waals surface area contributed by atoms with E-state index in [1.165, 1.54) is 4.31 Å². The standard InChI is InChI=1S/C26H33N3O5S/c1-18(2)19-9-10-24-21(17-19)25(30)28(35(24,32)33)14-6-5-13-27-15-11-20(12-16-27)29-22-7-3-4-8-23(22)34-26(29)31/h3-4,7-10,17-18,20,32-33H,5-6,11-16H2,1-2H3. The first-order chi connectivity index (χ1) is 16.8. The predicted molar refractivity (Wildman–Crippen MR) is 137 cm³/mol. The maximum absolute atomic E-state index is 12.9. The van der Waals surface area contributed by atoms with E-state index in [4.69, 9.17) is 4.42 Å². The van der Waals surface area contributed by atoms with Crippen molar-refractivity contribution in [1.82, 2.24) is 13.8 Å². The summed E-state index contributed by atoms with van der Waals surface area (Å²) in [7, 11) is -3.27. The lowest BCUT2D eigenvalue weighted by molar-refractivity contribution is 0.0859. The minimum absolute atomic E-state index is 0.131. The minimum atomic E-state index is -3.27. The molecule has 1 amide bonds. The Bertz CT molecular complexity index is 1290. The number of rotatable bonds is 7. The zero-order valence-corrected chi connectivity index (χ0v) is 21.0. The highest BCUT2D eigenvalue weighted by Gasteiger charge is 2.41. The molecule has 9 heteroatoms. The Morgan fingerprint density at radius 1 is 1.03 bits per heavy atom. The quantitative estimate of drug-likeness (QED) is 0.427.